The van der Waals surface area contributed by atoms with Crippen molar-refractivity contribution in [3.63, 3.8) is 0 Å². The summed E-state index contributed by atoms with van der Waals surface area (Å²) in [6.07, 6.45) is 0.435. The van der Waals surface area contributed by atoms with E-state index in [4.69, 9.17) is 4.74 Å². The van der Waals surface area contributed by atoms with E-state index >= 15 is 0 Å². The summed E-state index contributed by atoms with van der Waals surface area (Å²) >= 11 is 0. The van der Waals surface area contributed by atoms with Gasteiger partial charge in [-0.2, -0.15) is 0 Å². The third-order valence-electron chi connectivity index (χ3n) is 2.38. The minimum Gasteiger partial charge on any atom is -0.444 e. The highest BCUT2D eigenvalue weighted by Gasteiger charge is 2.15. The number of nitrogens with one attached hydrogen (secondary N) is 4. The summed E-state index contributed by atoms with van der Waals surface area (Å²) in [5, 5.41) is 11.5. The van der Waals surface area contributed by atoms with Crippen molar-refractivity contribution in [1.29, 1.82) is 0 Å². The Labute approximate surface area is 162 Å². The molecule has 0 aromatic rings. The number of alkyl carbamates (subject to hydrolysis) is 1. The van der Waals surface area contributed by atoms with Crippen LogP contribution in [0, 0.1) is 0 Å². The first-order valence-electron chi connectivity index (χ1n) is 8.04. The monoisotopic (exact) mass is 457 g/mol. The molecular formula is C15H32IN5O3. The van der Waals surface area contributed by atoms with Gasteiger partial charge in [0.2, 0.25) is 5.91 Å². The average Bonchev–Trinajstić information content (AvgIpc) is 2.45. The SMILES string of the molecule is CCCNC(=O)CN=C(NCC)NCCNC(=O)OC(C)(C)C.I. The summed E-state index contributed by atoms with van der Waals surface area (Å²) in [5.74, 6) is 0.418. The van der Waals surface area contributed by atoms with Crippen LogP contribution in [0.1, 0.15) is 41.0 Å². The number of nitrogens with zero attached hydrogens (tertiary/aromatic N) is 1. The van der Waals surface area contributed by atoms with E-state index in [1.165, 1.54) is 0 Å². The van der Waals surface area contributed by atoms with Crippen molar-refractivity contribution in [2.75, 3.05) is 32.7 Å². The van der Waals surface area contributed by atoms with Gasteiger partial charge >= 0.3 is 6.09 Å². The van der Waals surface area contributed by atoms with Crippen LogP contribution >= 0.6 is 24.0 Å². The molecule has 9 heteroatoms. The van der Waals surface area contributed by atoms with Gasteiger partial charge in [-0.25, -0.2) is 9.79 Å². The van der Waals surface area contributed by atoms with E-state index in [9.17, 15) is 9.59 Å². The fourth-order valence-electron chi connectivity index (χ4n) is 1.47. The zero-order chi connectivity index (χ0) is 17.7. The minimum atomic E-state index is -0.514. The number of guanidine groups is 1. The molecule has 0 aromatic carbocycles. The summed E-state index contributed by atoms with van der Waals surface area (Å²) < 4.78 is 5.13. The van der Waals surface area contributed by atoms with Gasteiger partial charge in [-0.3, -0.25) is 4.79 Å². The van der Waals surface area contributed by atoms with Crippen LogP contribution in [0.4, 0.5) is 4.79 Å². The maximum Gasteiger partial charge on any atom is 0.407 e. The predicted octanol–water partition coefficient (Wildman–Crippen LogP) is 1.21. The van der Waals surface area contributed by atoms with Gasteiger partial charge < -0.3 is 26.0 Å². The molecule has 0 aromatic heterocycles. The van der Waals surface area contributed by atoms with E-state index in [1.807, 2.05) is 34.6 Å². The number of hydrogen-bond donors (Lipinski definition) is 4. The summed E-state index contributed by atoms with van der Waals surface area (Å²) in [4.78, 5) is 27.2. The molecule has 24 heavy (non-hydrogen) atoms. The number of ether oxygens (including phenoxy) is 1. The highest BCUT2D eigenvalue weighted by molar-refractivity contribution is 14.0. The van der Waals surface area contributed by atoms with Gasteiger partial charge in [-0.1, -0.05) is 6.92 Å². The number of rotatable bonds is 8. The van der Waals surface area contributed by atoms with Gasteiger partial charge in [-0.05, 0) is 34.1 Å². The van der Waals surface area contributed by atoms with Crippen LogP contribution in [0.5, 0.6) is 0 Å². The van der Waals surface area contributed by atoms with Gasteiger partial charge in [0.05, 0.1) is 0 Å². The molecule has 142 valence electrons. The van der Waals surface area contributed by atoms with Crippen molar-refractivity contribution in [2.24, 2.45) is 4.99 Å². The molecule has 0 saturated heterocycles. The molecule has 4 N–H and O–H groups in total. The second kappa shape index (κ2) is 14.1. The molecule has 8 nitrogen and oxygen atoms in total. The Morgan fingerprint density at radius 2 is 1.58 bits per heavy atom. The van der Waals surface area contributed by atoms with Gasteiger partial charge in [0.15, 0.2) is 5.96 Å². The average molecular weight is 457 g/mol. The molecule has 0 aliphatic rings. The number of carbonyl (C=O) groups is 2. The quantitative estimate of drug-likeness (QED) is 0.190. The van der Waals surface area contributed by atoms with Crippen LogP contribution in [0.2, 0.25) is 0 Å². The lowest BCUT2D eigenvalue weighted by Crippen LogP contribution is -2.43. The number of amides is 2. The Kier molecular flexibility index (Phi) is 14.7. The second-order valence-electron chi connectivity index (χ2n) is 5.90. The number of halogens is 1. The maximum atomic E-state index is 11.5. The van der Waals surface area contributed by atoms with Crippen molar-refractivity contribution in [1.82, 2.24) is 21.3 Å². The molecule has 0 rings (SSSR count). The van der Waals surface area contributed by atoms with Crippen LogP contribution in [0.3, 0.4) is 0 Å². The van der Waals surface area contributed by atoms with E-state index < -0.39 is 11.7 Å². The van der Waals surface area contributed by atoms with Crippen molar-refractivity contribution < 1.29 is 14.3 Å². The highest BCUT2D eigenvalue weighted by Crippen LogP contribution is 2.05. The zero-order valence-electron chi connectivity index (χ0n) is 15.3. The molecule has 0 aliphatic heterocycles. The molecule has 0 unspecified atom stereocenters. The van der Waals surface area contributed by atoms with Crippen molar-refractivity contribution in [3.05, 3.63) is 0 Å². The Hall–Kier alpha value is -1.26. The molecule has 0 bridgehead atoms. The first kappa shape index (κ1) is 25.0. The van der Waals surface area contributed by atoms with E-state index in [-0.39, 0.29) is 36.4 Å². The van der Waals surface area contributed by atoms with E-state index in [1.54, 1.807) is 0 Å². The second-order valence-corrected chi connectivity index (χ2v) is 5.90. The summed E-state index contributed by atoms with van der Waals surface area (Å²) in [5.41, 5.74) is -0.514. The number of hydrogen-bond acceptors (Lipinski definition) is 4. The Balaban J connectivity index is 0. The molecular weight excluding hydrogens is 425 g/mol. The van der Waals surface area contributed by atoms with Crippen LogP contribution < -0.4 is 21.3 Å². The highest BCUT2D eigenvalue weighted by atomic mass is 127. The number of carbonyl (C=O) groups excluding carboxylic acids is 2. The van der Waals surface area contributed by atoms with Crippen LogP contribution in [-0.2, 0) is 9.53 Å². The van der Waals surface area contributed by atoms with Gasteiger partial charge in [0.1, 0.15) is 12.1 Å². The Bertz CT molecular complexity index is 397. The fourth-order valence-corrected chi connectivity index (χ4v) is 1.47. The molecule has 0 atom stereocenters. The summed E-state index contributed by atoms with van der Waals surface area (Å²) in [6.45, 7) is 11.6. The lowest BCUT2D eigenvalue weighted by atomic mass is 10.2. The summed E-state index contributed by atoms with van der Waals surface area (Å²) in [7, 11) is 0. The lowest BCUT2D eigenvalue weighted by Gasteiger charge is -2.19. The minimum absolute atomic E-state index is 0. The Morgan fingerprint density at radius 3 is 2.12 bits per heavy atom. The molecule has 0 saturated carbocycles. The van der Waals surface area contributed by atoms with Gasteiger partial charge in [0.25, 0.3) is 0 Å². The third-order valence-corrected chi connectivity index (χ3v) is 2.38. The molecule has 0 aliphatic carbocycles. The van der Waals surface area contributed by atoms with Crippen molar-refractivity contribution in [3.8, 4) is 0 Å². The molecule has 2 amide bonds. The van der Waals surface area contributed by atoms with Crippen LogP contribution in [0.25, 0.3) is 0 Å². The van der Waals surface area contributed by atoms with Crippen LogP contribution in [-0.4, -0.2) is 56.3 Å². The third kappa shape index (κ3) is 15.6. The van der Waals surface area contributed by atoms with Crippen LogP contribution in [0.15, 0.2) is 4.99 Å². The van der Waals surface area contributed by atoms with Gasteiger partial charge in [0, 0.05) is 26.2 Å². The standard InChI is InChI=1S/C15H31N5O3.HI/c1-6-8-17-12(21)11-20-13(16-7-2)18-9-10-19-14(22)23-15(3,4)5;/h6-11H2,1-5H3,(H,17,21)(H,19,22)(H2,16,18,20);1H. The van der Waals surface area contributed by atoms with Crippen molar-refractivity contribution in [2.45, 2.75) is 46.6 Å². The lowest BCUT2D eigenvalue weighted by molar-refractivity contribution is -0.119. The number of aliphatic imine (C=N–C) groups is 1. The topological polar surface area (TPSA) is 104 Å². The fraction of sp³-hybridized carbons (Fsp3) is 0.800. The molecule has 0 radical (unpaired) electrons. The molecule has 0 heterocycles. The van der Waals surface area contributed by atoms with E-state index in [2.05, 4.69) is 26.3 Å². The smallest absolute Gasteiger partial charge is 0.407 e. The molecule has 0 fully saturated rings. The predicted molar refractivity (Wildman–Crippen MR) is 107 cm³/mol. The van der Waals surface area contributed by atoms with Gasteiger partial charge in [-0.15, -0.1) is 24.0 Å². The first-order valence-corrected chi connectivity index (χ1v) is 8.04. The Morgan fingerprint density at radius 1 is 0.958 bits per heavy atom. The maximum absolute atomic E-state index is 11.5. The normalized spacial score (nSPS) is 11.1. The zero-order valence-corrected chi connectivity index (χ0v) is 17.7. The van der Waals surface area contributed by atoms with Crippen molar-refractivity contribution >= 4 is 41.9 Å². The molecule has 0 spiro atoms. The van der Waals surface area contributed by atoms with E-state index in [0.29, 0.717) is 32.1 Å². The first-order chi connectivity index (χ1) is 10.8. The summed E-state index contributed by atoms with van der Waals surface area (Å²) in [6, 6.07) is 0. The van der Waals surface area contributed by atoms with E-state index in [0.717, 1.165) is 6.42 Å². The largest absolute Gasteiger partial charge is 0.444 e.